The van der Waals surface area contributed by atoms with E-state index in [4.69, 9.17) is 4.74 Å². The number of ether oxygens (including phenoxy) is 1. The van der Waals surface area contributed by atoms with Crippen molar-refractivity contribution in [1.29, 1.82) is 0 Å². The van der Waals surface area contributed by atoms with Crippen LogP contribution in [0.1, 0.15) is 16.5 Å². The van der Waals surface area contributed by atoms with Crippen LogP contribution in [0, 0.1) is 0 Å². The van der Waals surface area contributed by atoms with E-state index in [0.29, 0.717) is 0 Å². The monoisotopic (exact) mass is 339 g/mol. The Morgan fingerprint density at radius 1 is 1.32 bits per heavy atom. The Hall–Kier alpha value is -0.680. The second kappa shape index (κ2) is 7.20. The summed E-state index contributed by atoms with van der Waals surface area (Å²) in [6.45, 7) is 0. The lowest BCUT2D eigenvalue weighted by Gasteiger charge is -2.25. The molecule has 0 saturated heterocycles. The van der Waals surface area contributed by atoms with Crippen LogP contribution in [0.5, 0.6) is 0 Å². The molecule has 1 heterocycles. The van der Waals surface area contributed by atoms with Gasteiger partial charge in [-0.05, 0) is 41.0 Å². The second-order valence-electron chi connectivity index (χ2n) is 4.40. The molecule has 0 aliphatic carbocycles. The van der Waals surface area contributed by atoms with Gasteiger partial charge in [-0.2, -0.15) is 0 Å². The lowest BCUT2D eigenvalue weighted by molar-refractivity contribution is 0.0706. The molecule has 4 heteroatoms. The highest BCUT2D eigenvalue weighted by molar-refractivity contribution is 9.10. The number of likely N-dealkylation sites (N-methyl/N-ethyl adjacent to an activating group) is 1. The molecule has 0 aliphatic rings. The van der Waals surface area contributed by atoms with E-state index in [1.807, 2.05) is 13.1 Å². The number of nitrogens with one attached hydrogen (secondary N) is 1. The van der Waals surface area contributed by atoms with Gasteiger partial charge in [0.1, 0.15) is 0 Å². The topological polar surface area (TPSA) is 21.3 Å². The summed E-state index contributed by atoms with van der Waals surface area (Å²) in [6, 6.07) is 12.8. The lowest BCUT2D eigenvalue weighted by atomic mass is 9.99. The lowest BCUT2D eigenvalue weighted by Crippen LogP contribution is -2.35. The van der Waals surface area contributed by atoms with Gasteiger partial charge < -0.3 is 10.1 Å². The molecule has 1 aromatic heterocycles. The number of hydrogen-bond donors (Lipinski definition) is 1. The Kier molecular flexibility index (Phi) is 5.58. The van der Waals surface area contributed by atoms with Crippen molar-refractivity contribution in [3.05, 3.63) is 56.7 Å². The third-order valence-electron chi connectivity index (χ3n) is 3.16. The van der Waals surface area contributed by atoms with Crippen LogP contribution >= 0.6 is 27.3 Å². The molecule has 0 amide bonds. The second-order valence-corrected chi connectivity index (χ2v) is 6.31. The van der Waals surface area contributed by atoms with E-state index in [2.05, 4.69) is 57.0 Å². The van der Waals surface area contributed by atoms with Gasteiger partial charge in [-0.1, -0.05) is 30.3 Å². The fourth-order valence-corrected chi connectivity index (χ4v) is 3.72. The minimum absolute atomic E-state index is 0.0621. The number of rotatable bonds is 6. The van der Waals surface area contributed by atoms with Crippen molar-refractivity contribution in [2.75, 3.05) is 14.2 Å². The molecule has 2 nitrogen and oxygen atoms in total. The van der Waals surface area contributed by atoms with Gasteiger partial charge in [0.25, 0.3) is 0 Å². The van der Waals surface area contributed by atoms with Crippen LogP contribution in [0.2, 0.25) is 0 Å². The first-order valence-corrected chi connectivity index (χ1v) is 7.89. The van der Waals surface area contributed by atoms with Crippen molar-refractivity contribution >= 4 is 27.3 Å². The van der Waals surface area contributed by atoms with E-state index in [0.717, 1.165) is 10.9 Å². The van der Waals surface area contributed by atoms with Crippen LogP contribution in [0.25, 0.3) is 0 Å². The Balaban J connectivity index is 2.15. The number of halogens is 1. The van der Waals surface area contributed by atoms with E-state index in [1.165, 1.54) is 10.4 Å². The molecule has 0 fully saturated rings. The highest BCUT2D eigenvalue weighted by atomic mass is 79.9. The Labute approximate surface area is 126 Å². The van der Waals surface area contributed by atoms with Crippen molar-refractivity contribution in [2.24, 2.45) is 0 Å². The van der Waals surface area contributed by atoms with Crippen molar-refractivity contribution in [3.63, 3.8) is 0 Å². The number of hydrogen-bond acceptors (Lipinski definition) is 3. The summed E-state index contributed by atoms with van der Waals surface area (Å²) < 4.78 is 6.85. The van der Waals surface area contributed by atoms with Gasteiger partial charge in [-0.25, -0.2) is 0 Å². The summed E-state index contributed by atoms with van der Waals surface area (Å²) in [5, 5.41) is 5.49. The third-order valence-corrected chi connectivity index (χ3v) is 4.88. The van der Waals surface area contributed by atoms with Crippen molar-refractivity contribution in [1.82, 2.24) is 5.32 Å². The fourth-order valence-electron chi connectivity index (χ4n) is 2.21. The first-order valence-electron chi connectivity index (χ1n) is 6.22. The van der Waals surface area contributed by atoms with Crippen LogP contribution in [0.15, 0.2) is 46.3 Å². The zero-order valence-corrected chi connectivity index (χ0v) is 13.5. The maximum Gasteiger partial charge on any atom is 0.0977 e. The third kappa shape index (κ3) is 3.89. The summed E-state index contributed by atoms with van der Waals surface area (Å²) in [5.41, 5.74) is 1.21. The Morgan fingerprint density at radius 3 is 2.58 bits per heavy atom. The molecule has 0 bridgehead atoms. The number of methoxy groups -OCH3 is 1. The minimum Gasteiger partial charge on any atom is -0.375 e. The first kappa shape index (κ1) is 14.7. The van der Waals surface area contributed by atoms with E-state index in [-0.39, 0.29) is 12.1 Å². The molecular weight excluding hydrogens is 322 g/mol. The molecule has 0 spiro atoms. The molecule has 102 valence electrons. The van der Waals surface area contributed by atoms with Crippen LogP contribution in [0.3, 0.4) is 0 Å². The molecule has 2 atom stereocenters. The van der Waals surface area contributed by atoms with Crippen molar-refractivity contribution in [2.45, 2.75) is 18.6 Å². The molecule has 2 aromatic rings. The van der Waals surface area contributed by atoms with Gasteiger partial charge in [0.2, 0.25) is 0 Å². The maximum absolute atomic E-state index is 5.70. The molecule has 0 saturated carbocycles. The van der Waals surface area contributed by atoms with Crippen molar-refractivity contribution < 1.29 is 4.74 Å². The minimum atomic E-state index is 0.0621. The smallest absolute Gasteiger partial charge is 0.0977 e. The van der Waals surface area contributed by atoms with Crippen LogP contribution in [0.4, 0.5) is 0 Å². The zero-order valence-electron chi connectivity index (χ0n) is 11.1. The summed E-state index contributed by atoms with van der Waals surface area (Å²) in [7, 11) is 3.76. The van der Waals surface area contributed by atoms with Crippen LogP contribution < -0.4 is 5.32 Å². The summed E-state index contributed by atoms with van der Waals surface area (Å²) in [6.07, 6.45) is 1.02. The van der Waals surface area contributed by atoms with Crippen molar-refractivity contribution in [3.8, 4) is 0 Å². The normalized spacial score (nSPS) is 14.3. The van der Waals surface area contributed by atoms with Gasteiger partial charge >= 0.3 is 0 Å². The van der Waals surface area contributed by atoms with Crippen LogP contribution in [-0.4, -0.2) is 20.2 Å². The van der Waals surface area contributed by atoms with E-state index in [1.54, 1.807) is 18.4 Å². The van der Waals surface area contributed by atoms with Crippen LogP contribution in [-0.2, 0) is 11.2 Å². The highest BCUT2D eigenvalue weighted by Crippen LogP contribution is 2.26. The molecule has 1 aromatic carbocycles. The summed E-state index contributed by atoms with van der Waals surface area (Å²) in [5.74, 6) is 0. The summed E-state index contributed by atoms with van der Waals surface area (Å²) in [4.78, 5) is 1.35. The molecule has 0 aliphatic heterocycles. The number of thiophene rings is 1. The zero-order chi connectivity index (χ0) is 13.7. The van der Waals surface area contributed by atoms with Gasteiger partial charge in [0, 0.05) is 27.9 Å². The SMILES string of the molecule is CNC(Cc1cc(Br)cs1)C(OC)c1ccccc1. The quantitative estimate of drug-likeness (QED) is 0.857. The molecule has 19 heavy (non-hydrogen) atoms. The molecular formula is C15H18BrNOS. The predicted molar refractivity (Wildman–Crippen MR) is 84.8 cm³/mol. The van der Waals surface area contributed by atoms with Gasteiger partial charge in [-0.15, -0.1) is 11.3 Å². The van der Waals surface area contributed by atoms with E-state index >= 15 is 0 Å². The molecule has 0 radical (unpaired) electrons. The van der Waals surface area contributed by atoms with E-state index < -0.39 is 0 Å². The molecule has 2 unspecified atom stereocenters. The average Bonchev–Trinajstić information content (AvgIpc) is 2.85. The fraction of sp³-hybridized carbons (Fsp3) is 0.333. The van der Waals surface area contributed by atoms with Gasteiger partial charge in [-0.3, -0.25) is 0 Å². The molecule has 2 rings (SSSR count). The Morgan fingerprint density at radius 2 is 2.05 bits per heavy atom. The largest absolute Gasteiger partial charge is 0.375 e. The Bertz CT molecular complexity index is 500. The number of benzene rings is 1. The summed E-state index contributed by atoms with van der Waals surface area (Å²) >= 11 is 5.28. The average molecular weight is 340 g/mol. The maximum atomic E-state index is 5.70. The predicted octanol–water partition coefficient (Wildman–Crippen LogP) is 4.03. The van der Waals surface area contributed by atoms with E-state index in [9.17, 15) is 0 Å². The van der Waals surface area contributed by atoms with Gasteiger partial charge in [0.15, 0.2) is 0 Å². The highest BCUT2D eigenvalue weighted by Gasteiger charge is 2.22. The standard InChI is InChI=1S/C15H18BrNOS/c1-17-14(9-13-8-12(16)10-19-13)15(18-2)11-6-4-3-5-7-11/h3-8,10,14-15,17H,9H2,1-2H3. The van der Waals surface area contributed by atoms with Gasteiger partial charge in [0.05, 0.1) is 6.10 Å². The molecule has 1 N–H and O–H groups in total. The first-order chi connectivity index (χ1) is 9.24.